The van der Waals surface area contributed by atoms with Gasteiger partial charge >= 0.3 is 0 Å². The highest BCUT2D eigenvalue weighted by Crippen LogP contribution is 2.27. The fourth-order valence-electron chi connectivity index (χ4n) is 2.05. The molecule has 1 aliphatic rings. The lowest BCUT2D eigenvalue weighted by molar-refractivity contribution is 0.00886. The van der Waals surface area contributed by atoms with Crippen molar-refractivity contribution in [2.75, 3.05) is 6.61 Å². The Morgan fingerprint density at radius 3 is 3.06 bits per heavy atom. The number of rotatable bonds is 1. The normalized spacial score (nSPS) is 21.4. The molecule has 3 rings (SSSR count). The van der Waals surface area contributed by atoms with Gasteiger partial charge in [-0.3, -0.25) is 4.40 Å². The maximum atomic E-state index is 5.97. The van der Waals surface area contributed by atoms with Crippen LogP contribution >= 0.6 is 11.6 Å². The number of pyridine rings is 1. The molecule has 16 heavy (non-hydrogen) atoms. The summed E-state index contributed by atoms with van der Waals surface area (Å²) in [5.41, 5.74) is 0.813. The summed E-state index contributed by atoms with van der Waals surface area (Å²) in [4.78, 5) is 0. The van der Waals surface area contributed by atoms with Gasteiger partial charge < -0.3 is 4.74 Å². The average molecular weight is 238 g/mol. The highest BCUT2D eigenvalue weighted by molar-refractivity contribution is 6.30. The zero-order chi connectivity index (χ0) is 11.0. The third kappa shape index (κ3) is 1.68. The summed E-state index contributed by atoms with van der Waals surface area (Å²) in [6.45, 7) is 0.806. The minimum absolute atomic E-state index is 0.0576. The molecule has 1 unspecified atom stereocenters. The predicted octanol–water partition coefficient (Wildman–Crippen LogP) is 2.62. The van der Waals surface area contributed by atoms with E-state index in [-0.39, 0.29) is 6.10 Å². The van der Waals surface area contributed by atoms with Crippen LogP contribution in [-0.4, -0.2) is 21.2 Å². The molecule has 1 atom stereocenters. The van der Waals surface area contributed by atoms with Gasteiger partial charge in [-0.05, 0) is 31.4 Å². The van der Waals surface area contributed by atoms with Gasteiger partial charge in [-0.25, -0.2) is 0 Å². The third-order valence-corrected chi connectivity index (χ3v) is 3.08. The van der Waals surface area contributed by atoms with Gasteiger partial charge in [-0.1, -0.05) is 11.6 Å². The van der Waals surface area contributed by atoms with Crippen molar-refractivity contribution < 1.29 is 4.74 Å². The van der Waals surface area contributed by atoms with Crippen LogP contribution in [0, 0.1) is 0 Å². The van der Waals surface area contributed by atoms with Crippen molar-refractivity contribution >= 4 is 17.2 Å². The fourth-order valence-corrected chi connectivity index (χ4v) is 2.21. The molecular formula is C11H12ClN3O. The van der Waals surface area contributed by atoms with Crippen LogP contribution in [0.4, 0.5) is 0 Å². The quantitative estimate of drug-likeness (QED) is 0.766. The summed E-state index contributed by atoms with van der Waals surface area (Å²) in [7, 11) is 0. The van der Waals surface area contributed by atoms with E-state index in [4.69, 9.17) is 16.3 Å². The molecule has 1 saturated heterocycles. The smallest absolute Gasteiger partial charge is 0.166 e. The average Bonchev–Trinajstić information content (AvgIpc) is 2.73. The van der Waals surface area contributed by atoms with E-state index in [2.05, 4.69) is 10.2 Å². The van der Waals surface area contributed by atoms with Gasteiger partial charge in [0.25, 0.3) is 0 Å². The van der Waals surface area contributed by atoms with E-state index in [1.54, 1.807) is 0 Å². The number of aromatic nitrogens is 3. The first-order valence-corrected chi connectivity index (χ1v) is 5.84. The van der Waals surface area contributed by atoms with Gasteiger partial charge in [-0.15, -0.1) is 10.2 Å². The first kappa shape index (κ1) is 10.1. The molecule has 0 aromatic carbocycles. The van der Waals surface area contributed by atoms with E-state index < -0.39 is 0 Å². The standard InChI is InChI=1S/C11H12ClN3O/c12-8-4-5-10-13-14-11(15(10)7-8)9-3-1-2-6-16-9/h4-5,7,9H,1-3,6H2. The van der Waals surface area contributed by atoms with Crippen LogP contribution in [0.25, 0.3) is 5.65 Å². The highest BCUT2D eigenvalue weighted by Gasteiger charge is 2.21. The minimum atomic E-state index is 0.0576. The maximum Gasteiger partial charge on any atom is 0.166 e. The molecule has 0 spiro atoms. The van der Waals surface area contributed by atoms with Gasteiger partial charge in [-0.2, -0.15) is 0 Å². The molecule has 0 saturated carbocycles. The zero-order valence-electron chi connectivity index (χ0n) is 8.77. The van der Waals surface area contributed by atoms with E-state index in [0.29, 0.717) is 5.02 Å². The highest BCUT2D eigenvalue weighted by atomic mass is 35.5. The van der Waals surface area contributed by atoms with Crippen molar-refractivity contribution in [3.63, 3.8) is 0 Å². The Kier molecular flexibility index (Phi) is 2.53. The lowest BCUT2D eigenvalue weighted by atomic mass is 10.1. The summed E-state index contributed by atoms with van der Waals surface area (Å²) < 4.78 is 7.62. The molecular weight excluding hydrogens is 226 g/mol. The molecule has 0 radical (unpaired) electrons. The summed E-state index contributed by atoms with van der Waals surface area (Å²) in [5.74, 6) is 0.859. The van der Waals surface area contributed by atoms with Crippen molar-refractivity contribution in [3.8, 4) is 0 Å². The molecule has 0 amide bonds. The van der Waals surface area contributed by atoms with Gasteiger partial charge in [0.1, 0.15) is 6.10 Å². The van der Waals surface area contributed by atoms with Gasteiger partial charge in [0, 0.05) is 12.8 Å². The van der Waals surface area contributed by atoms with E-state index >= 15 is 0 Å². The molecule has 2 aromatic heterocycles. The van der Waals surface area contributed by atoms with Crippen LogP contribution in [0.1, 0.15) is 31.2 Å². The predicted molar refractivity (Wildman–Crippen MR) is 60.5 cm³/mol. The van der Waals surface area contributed by atoms with Crippen molar-refractivity contribution in [2.45, 2.75) is 25.4 Å². The summed E-state index contributed by atoms with van der Waals surface area (Å²) in [6, 6.07) is 3.68. The monoisotopic (exact) mass is 237 g/mol. The van der Waals surface area contributed by atoms with Crippen LogP contribution in [0.3, 0.4) is 0 Å². The number of hydrogen-bond donors (Lipinski definition) is 0. The molecule has 2 aromatic rings. The lowest BCUT2D eigenvalue weighted by Crippen LogP contribution is -2.14. The second-order valence-electron chi connectivity index (χ2n) is 3.99. The van der Waals surface area contributed by atoms with Crippen molar-refractivity contribution in [2.24, 2.45) is 0 Å². The van der Waals surface area contributed by atoms with E-state index in [1.165, 1.54) is 6.42 Å². The number of halogens is 1. The van der Waals surface area contributed by atoms with Crippen LogP contribution < -0.4 is 0 Å². The Labute approximate surface area is 98.2 Å². The summed E-state index contributed by atoms with van der Waals surface area (Å²) in [5, 5.41) is 8.98. The SMILES string of the molecule is Clc1ccc2nnc(C3CCCCO3)n2c1. The van der Waals surface area contributed by atoms with Crippen LogP contribution in [0.15, 0.2) is 18.3 Å². The van der Waals surface area contributed by atoms with Gasteiger partial charge in [0.15, 0.2) is 11.5 Å². The first-order chi connectivity index (χ1) is 7.84. The number of ether oxygens (including phenoxy) is 1. The molecule has 5 heteroatoms. The molecule has 3 heterocycles. The number of nitrogens with zero attached hydrogens (tertiary/aromatic N) is 3. The Balaban J connectivity index is 2.05. The molecule has 4 nitrogen and oxygen atoms in total. The summed E-state index contributed by atoms with van der Waals surface area (Å²) >= 11 is 5.97. The van der Waals surface area contributed by atoms with E-state index in [0.717, 1.165) is 30.9 Å². The van der Waals surface area contributed by atoms with Gasteiger partial charge in [0.2, 0.25) is 0 Å². The largest absolute Gasteiger partial charge is 0.370 e. The summed E-state index contributed by atoms with van der Waals surface area (Å²) in [6.07, 6.45) is 5.22. The first-order valence-electron chi connectivity index (χ1n) is 5.46. The Morgan fingerprint density at radius 1 is 1.31 bits per heavy atom. The van der Waals surface area contributed by atoms with Crippen molar-refractivity contribution in [3.05, 3.63) is 29.2 Å². The number of fused-ring (bicyclic) bond motifs is 1. The Bertz CT molecular complexity index is 505. The maximum absolute atomic E-state index is 5.97. The topological polar surface area (TPSA) is 39.4 Å². The Morgan fingerprint density at radius 2 is 2.25 bits per heavy atom. The van der Waals surface area contributed by atoms with Crippen LogP contribution in [-0.2, 0) is 4.74 Å². The molecule has 84 valence electrons. The van der Waals surface area contributed by atoms with E-state index in [1.807, 2.05) is 22.7 Å². The minimum Gasteiger partial charge on any atom is -0.370 e. The van der Waals surface area contributed by atoms with Crippen LogP contribution in [0.5, 0.6) is 0 Å². The lowest BCUT2D eigenvalue weighted by Gasteiger charge is -2.20. The molecule has 1 fully saturated rings. The number of hydrogen-bond acceptors (Lipinski definition) is 3. The van der Waals surface area contributed by atoms with Crippen molar-refractivity contribution in [1.29, 1.82) is 0 Å². The second kappa shape index (κ2) is 4.03. The van der Waals surface area contributed by atoms with Crippen LogP contribution in [0.2, 0.25) is 5.02 Å². The fraction of sp³-hybridized carbons (Fsp3) is 0.455. The second-order valence-corrected chi connectivity index (χ2v) is 4.43. The van der Waals surface area contributed by atoms with E-state index in [9.17, 15) is 0 Å². The molecule has 0 bridgehead atoms. The third-order valence-electron chi connectivity index (χ3n) is 2.86. The van der Waals surface area contributed by atoms with Gasteiger partial charge in [0.05, 0.1) is 5.02 Å². The molecule has 0 N–H and O–H groups in total. The molecule has 0 aliphatic carbocycles. The van der Waals surface area contributed by atoms with Crippen molar-refractivity contribution in [1.82, 2.24) is 14.6 Å². The molecule has 1 aliphatic heterocycles. The Hall–Kier alpha value is -1.13. The zero-order valence-corrected chi connectivity index (χ0v) is 9.52.